The normalized spacial score (nSPS) is 11.4. The second-order valence-electron chi connectivity index (χ2n) is 5.92. The molecule has 0 radical (unpaired) electrons. The molecule has 0 aliphatic rings. The molecule has 0 N–H and O–H groups in total. The van der Waals surface area contributed by atoms with Gasteiger partial charge in [0.15, 0.2) is 0 Å². The van der Waals surface area contributed by atoms with E-state index in [9.17, 15) is 0 Å². The summed E-state index contributed by atoms with van der Waals surface area (Å²) in [6.45, 7) is 14.6. The van der Waals surface area contributed by atoms with Gasteiger partial charge in [-0.1, -0.05) is 31.6 Å². The molecular weight excluding hydrogens is 220 g/mol. The van der Waals surface area contributed by atoms with Crippen molar-refractivity contribution in [1.29, 1.82) is 0 Å². The average molecular weight is 246 g/mol. The summed E-state index contributed by atoms with van der Waals surface area (Å²) in [6.07, 6.45) is 3.51. The van der Waals surface area contributed by atoms with E-state index in [1.807, 2.05) is 6.07 Å². The SMILES string of the molecule is C=C(C)c1ccc(OC(C)(C)C)cc1CCCC. The lowest BCUT2D eigenvalue weighted by atomic mass is 9.97. The van der Waals surface area contributed by atoms with Crippen LogP contribution in [-0.2, 0) is 6.42 Å². The summed E-state index contributed by atoms with van der Waals surface area (Å²) >= 11 is 0. The number of hydrogen-bond acceptors (Lipinski definition) is 1. The highest BCUT2D eigenvalue weighted by Crippen LogP contribution is 2.26. The summed E-state index contributed by atoms with van der Waals surface area (Å²) in [7, 11) is 0. The number of ether oxygens (including phenoxy) is 1. The van der Waals surface area contributed by atoms with Crippen LogP contribution in [0.5, 0.6) is 5.75 Å². The molecule has 0 atom stereocenters. The lowest BCUT2D eigenvalue weighted by molar-refractivity contribution is 0.131. The van der Waals surface area contributed by atoms with Crippen molar-refractivity contribution in [2.45, 2.75) is 59.5 Å². The largest absolute Gasteiger partial charge is 0.488 e. The Labute approximate surface area is 112 Å². The predicted octanol–water partition coefficient (Wildman–Crippen LogP) is 5.24. The highest BCUT2D eigenvalue weighted by molar-refractivity contribution is 5.65. The molecule has 0 aliphatic carbocycles. The lowest BCUT2D eigenvalue weighted by Gasteiger charge is -2.22. The van der Waals surface area contributed by atoms with Crippen molar-refractivity contribution in [3.05, 3.63) is 35.9 Å². The van der Waals surface area contributed by atoms with Crippen molar-refractivity contribution in [1.82, 2.24) is 0 Å². The minimum absolute atomic E-state index is 0.146. The van der Waals surface area contributed by atoms with E-state index in [-0.39, 0.29) is 5.60 Å². The van der Waals surface area contributed by atoms with Crippen LogP contribution in [-0.4, -0.2) is 5.60 Å². The van der Waals surface area contributed by atoms with Crippen LogP contribution in [0.25, 0.3) is 5.57 Å². The van der Waals surface area contributed by atoms with Crippen molar-refractivity contribution in [3.8, 4) is 5.75 Å². The number of aryl methyl sites for hydroxylation is 1. The van der Waals surface area contributed by atoms with Gasteiger partial charge in [0.2, 0.25) is 0 Å². The van der Waals surface area contributed by atoms with E-state index in [1.54, 1.807) is 0 Å². The molecule has 1 nitrogen and oxygen atoms in total. The average Bonchev–Trinajstić information content (AvgIpc) is 2.23. The van der Waals surface area contributed by atoms with Crippen LogP contribution in [0.2, 0.25) is 0 Å². The number of unbranched alkanes of at least 4 members (excludes halogenated alkanes) is 1. The highest BCUT2D eigenvalue weighted by Gasteiger charge is 2.13. The van der Waals surface area contributed by atoms with Gasteiger partial charge >= 0.3 is 0 Å². The van der Waals surface area contributed by atoms with E-state index in [0.29, 0.717) is 0 Å². The van der Waals surface area contributed by atoms with Crippen molar-refractivity contribution in [2.24, 2.45) is 0 Å². The number of allylic oxidation sites excluding steroid dienone is 1. The van der Waals surface area contributed by atoms with Gasteiger partial charge in [0.05, 0.1) is 0 Å². The first-order chi connectivity index (χ1) is 8.33. The smallest absolute Gasteiger partial charge is 0.120 e. The summed E-state index contributed by atoms with van der Waals surface area (Å²) in [5.41, 5.74) is 3.60. The summed E-state index contributed by atoms with van der Waals surface area (Å²) in [4.78, 5) is 0. The first kappa shape index (κ1) is 14.8. The Kier molecular flexibility index (Phi) is 5.01. The molecule has 0 aliphatic heterocycles. The Hall–Kier alpha value is -1.24. The van der Waals surface area contributed by atoms with Gasteiger partial charge in [0.25, 0.3) is 0 Å². The molecule has 0 bridgehead atoms. The first-order valence-electron chi connectivity index (χ1n) is 6.81. The third-order valence-electron chi connectivity index (χ3n) is 2.76. The van der Waals surface area contributed by atoms with Crippen LogP contribution in [0.1, 0.15) is 58.6 Å². The van der Waals surface area contributed by atoms with Gasteiger partial charge in [0.1, 0.15) is 11.4 Å². The maximum absolute atomic E-state index is 5.93. The summed E-state index contributed by atoms with van der Waals surface area (Å²) < 4.78 is 5.93. The molecule has 100 valence electrons. The first-order valence-corrected chi connectivity index (χ1v) is 6.81. The van der Waals surface area contributed by atoms with Gasteiger partial charge in [-0.3, -0.25) is 0 Å². The monoisotopic (exact) mass is 246 g/mol. The highest BCUT2D eigenvalue weighted by atomic mass is 16.5. The van der Waals surface area contributed by atoms with Crippen LogP contribution in [0.15, 0.2) is 24.8 Å². The van der Waals surface area contributed by atoms with Crippen LogP contribution in [0.3, 0.4) is 0 Å². The van der Waals surface area contributed by atoms with E-state index >= 15 is 0 Å². The topological polar surface area (TPSA) is 9.23 Å². The fourth-order valence-corrected chi connectivity index (χ4v) is 1.98. The number of rotatable bonds is 5. The van der Waals surface area contributed by atoms with Gasteiger partial charge in [-0.2, -0.15) is 0 Å². The van der Waals surface area contributed by atoms with Crippen LogP contribution in [0.4, 0.5) is 0 Å². The molecule has 0 fully saturated rings. The second kappa shape index (κ2) is 6.08. The zero-order valence-corrected chi connectivity index (χ0v) is 12.5. The fraction of sp³-hybridized carbons (Fsp3) is 0.529. The molecule has 1 rings (SSSR count). The molecular formula is C17H26O. The molecule has 1 heteroatoms. The Morgan fingerprint density at radius 2 is 1.94 bits per heavy atom. The third kappa shape index (κ3) is 4.56. The maximum atomic E-state index is 5.93. The number of benzene rings is 1. The summed E-state index contributed by atoms with van der Waals surface area (Å²) in [5, 5.41) is 0. The van der Waals surface area contributed by atoms with Gasteiger partial charge in [0, 0.05) is 0 Å². The zero-order chi connectivity index (χ0) is 13.8. The Morgan fingerprint density at radius 1 is 1.28 bits per heavy atom. The van der Waals surface area contributed by atoms with E-state index in [0.717, 1.165) is 17.7 Å². The minimum Gasteiger partial charge on any atom is -0.488 e. The molecule has 18 heavy (non-hydrogen) atoms. The molecule has 0 heterocycles. The predicted molar refractivity (Wildman–Crippen MR) is 80.1 cm³/mol. The van der Waals surface area contributed by atoms with Gasteiger partial charge in [-0.15, -0.1) is 0 Å². The quantitative estimate of drug-likeness (QED) is 0.690. The summed E-state index contributed by atoms with van der Waals surface area (Å²) in [5.74, 6) is 0.957. The lowest BCUT2D eigenvalue weighted by Crippen LogP contribution is -2.23. The van der Waals surface area contributed by atoms with Crippen molar-refractivity contribution < 1.29 is 4.74 Å². The Bertz CT molecular complexity index is 410. The molecule has 0 saturated carbocycles. The van der Waals surface area contributed by atoms with Crippen molar-refractivity contribution >= 4 is 5.57 Å². The van der Waals surface area contributed by atoms with Crippen molar-refractivity contribution in [2.75, 3.05) is 0 Å². The van der Waals surface area contributed by atoms with Crippen molar-refractivity contribution in [3.63, 3.8) is 0 Å². The van der Waals surface area contributed by atoms with E-state index in [4.69, 9.17) is 4.74 Å². The van der Waals surface area contributed by atoms with Crippen LogP contribution in [0, 0.1) is 0 Å². The third-order valence-corrected chi connectivity index (χ3v) is 2.76. The van der Waals surface area contributed by atoms with E-state index < -0.39 is 0 Å². The molecule has 0 amide bonds. The van der Waals surface area contributed by atoms with Gasteiger partial charge in [-0.25, -0.2) is 0 Å². The fourth-order valence-electron chi connectivity index (χ4n) is 1.98. The Morgan fingerprint density at radius 3 is 2.44 bits per heavy atom. The number of hydrogen-bond donors (Lipinski definition) is 0. The van der Waals surface area contributed by atoms with Crippen LogP contribution >= 0.6 is 0 Å². The molecule has 1 aromatic rings. The molecule has 0 spiro atoms. The van der Waals surface area contributed by atoms with E-state index in [1.165, 1.54) is 24.0 Å². The maximum Gasteiger partial charge on any atom is 0.120 e. The summed E-state index contributed by atoms with van der Waals surface area (Å²) in [6, 6.07) is 6.35. The van der Waals surface area contributed by atoms with Crippen LogP contribution < -0.4 is 4.74 Å². The molecule has 0 saturated heterocycles. The molecule has 1 aromatic carbocycles. The van der Waals surface area contributed by atoms with Gasteiger partial charge in [-0.05, 0) is 63.8 Å². The molecule has 0 aromatic heterocycles. The van der Waals surface area contributed by atoms with Gasteiger partial charge < -0.3 is 4.74 Å². The second-order valence-corrected chi connectivity index (χ2v) is 5.92. The Balaban J connectivity index is 3.01. The minimum atomic E-state index is -0.146. The molecule has 0 unspecified atom stereocenters. The zero-order valence-electron chi connectivity index (χ0n) is 12.5. The standard InChI is InChI=1S/C17H26O/c1-7-8-9-14-12-15(18-17(4,5)6)10-11-16(14)13(2)3/h10-12H,2,7-9H2,1,3-6H3. The van der Waals surface area contributed by atoms with E-state index in [2.05, 4.69) is 53.3 Å².